The summed E-state index contributed by atoms with van der Waals surface area (Å²) in [6.07, 6.45) is 4.11. The van der Waals surface area contributed by atoms with Crippen LogP contribution in [0.2, 0.25) is 0 Å². The molecule has 2 rings (SSSR count). The highest BCUT2D eigenvalue weighted by atomic mass is 18.2. The number of nitrogens with zero attached hydrogens (tertiary/aromatic N) is 1. The van der Waals surface area contributed by atoms with E-state index in [-0.39, 0.29) is 6.61 Å². The third-order valence-corrected chi connectivity index (χ3v) is 3.10. The number of hydrogen-bond donors (Lipinski definition) is 0. The van der Waals surface area contributed by atoms with E-state index in [1.807, 2.05) is 44.4 Å². The Hall–Kier alpha value is -2.29. The molecule has 0 amide bonds. The standard InChI is InChI=1S/C18H20FNO/c1-20(2)17-9-5-15(6-10-17)3-4-16-7-11-18(12-8-16)21-14-13-19/h3-12H,13-14H2,1-2H3/b4-3+/i19-1. The van der Waals surface area contributed by atoms with E-state index >= 15 is 0 Å². The van der Waals surface area contributed by atoms with Crippen LogP contribution in [-0.4, -0.2) is 27.4 Å². The minimum Gasteiger partial charge on any atom is -0.491 e. The van der Waals surface area contributed by atoms with Gasteiger partial charge in [0.2, 0.25) is 0 Å². The highest BCUT2D eigenvalue weighted by Gasteiger charge is 1.95. The van der Waals surface area contributed by atoms with Gasteiger partial charge in [-0.3, -0.25) is 0 Å². The fourth-order valence-corrected chi connectivity index (χ4v) is 1.91. The van der Waals surface area contributed by atoms with Crippen molar-refractivity contribution in [1.29, 1.82) is 0 Å². The molecule has 0 heterocycles. The predicted octanol–water partition coefficient (Wildman–Crippen LogP) is 4.27. The van der Waals surface area contributed by atoms with E-state index in [4.69, 9.17) is 4.74 Å². The van der Waals surface area contributed by atoms with Crippen LogP contribution in [-0.2, 0) is 0 Å². The molecule has 0 unspecified atom stereocenters. The van der Waals surface area contributed by atoms with Gasteiger partial charge in [-0.25, -0.2) is 4.39 Å². The molecule has 0 N–H and O–H groups in total. The lowest BCUT2D eigenvalue weighted by Gasteiger charge is -2.11. The maximum atomic E-state index is 12.0. The summed E-state index contributed by atoms with van der Waals surface area (Å²) in [6, 6.07) is 16.0. The molecular weight excluding hydrogens is 264 g/mol. The molecule has 110 valence electrons. The van der Waals surface area contributed by atoms with Crippen molar-refractivity contribution in [3.8, 4) is 5.75 Å². The van der Waals surface area contributed by atoms with Gasteiger partial charge < -0.3 is 9.64 Å². The summed E-state index contributed by atoms with van der Waals surface area (Å²) in [5.74, 6) is 0.695. The third kappa shape index (κ3) is 4.63. The lowest BCUT2D eigenvalue weighted by molar-refractivity contribution is 0.273. The van der Waals surface area contributed by atoms with Crippen LogP contribution in [0.15, 0.2) is 48.5 Å². The van der Waals surface area contributed by atoms with Crippen LogP contribution < -0.4 is 9.64 Å². The molecule has 0 aromatic heterocycles. The van der Waals surface area contributed by atoms with Crippen molar-refractivity contribution in [1.82, 2.24) is 0 Å². The number of rotatable bonds is 6. The molecule has 2 aromatic carbocycles. The van der Waals surface area contributed by atoms with Gasteiger partial charge in [-0.2, -0.15) is 0 Å². The van der Waals surface area contributed by atoms with E-state index < -0.39 is 6.67 Å². The van der Waals surface area contributed by atoms with Gasteiger partial charge >= 0.3 is 0 Å². The molecule has 2 aromatic rings. The van der Waals surface area contributed by atoms with Crippen molar-refractivity contribution in [2.45, 2.75) is 0 Å². The first-order valence-electron chi connectivity index (χ1n) is 6.93. The summed E-state index contributed by atoms with van der Waals surface area (Å²) in [5.41, 5.74) is 3.42. The van der Waals surface area contributed by atoms with Gasteiger partial charge in [-0.15, -0.1) is 0 Å². The fourth-order valence-electron chi connectivity index (χ4n) is 1.91. The average molecular weight is 284 g/mol. The molecule has 0 saturated carbocycles. The van der Waals surface area contributed by atoms with E-state index in [1.54, 1.807) is 0 Å². The molecule has 0 aliphatic rings. The van der Waals surface area contributed by atoms with E-state index in [2.05, 4.69) is 35.2 Å². The Labute approximate surface area is 125 Å². The van der Waals surface area contributed by atoms with Crippen LogP contribution in [0, 0.1) is 0 Å². The van der Waals surface area contributed by atoms with E-state index in [9.17, 15) is 4.39 Å². The van der Waals surface area contributed by atoms with Crippen LogP contribution in [0.25, 0.3) is 12.2 Å². The van der Waals surface area contributed by atoms with Crippen LogP contribution in [0.4, 0.5) is 10.1 Å². The summed E-state index contributed by atoms with van der Waals surface area (Å²) in [5, 5.41) is 0. The zero-order valence-electron chi connectivity index (χ0n) is 12.4. The molecule has 0 bridgehead atoms. The zero-order valence-corrected chi connectivity index (χ0v) is 12.4. The minimum absolute atomic E-state index is 0.105. The highest BCUT2D eigenvalue weighted by Crippen LogP contribution is 2.16. The van der Waals surface area contributed by atoms with Crippen LogP contribution >= 0.6 is 0 Å². The number of halogens is 1. The van der Waals surface area contributed by atoms with Crippen molar-refractivity contribution in [3.05, 3.63) is 59.7 Å². The van der Waals surface area contributed by atoms with Crippen molar-refractivity contribution in [2.24, 2.45) is 0 Å². The minimum atomic E-state index is -0.468. The first kappa shape index (κ1) is 15.1. The molecule has 0 radical (unpaired) electrons. The summed E-state index contributed by atoms with van der Waals surface area (Å²) in [4.78, 5) is 2.07. The fraction of sp³-hybridized carbons (Fsp3) is 0.222. The molecule has 21 heavy (non-hydrogen) atoms. The second-order valence-electron chi connectivity index (χ2n) is 4.93. The van der Waals surface area contributed by atoms with Crippen LogP contribution in [0.5, 0.6) is 5.75 Å². The highest BCUT2D eigenvalue weighted by molar-refractivity contribution is 5.70. The lowest BCUT2D eigenvalue weighted by Crippen LogP contribution is -2.07. The van der Waals surface area contributed by atoms with Gasteiger partial charge in [0.25, 0.3) is 0 Å². The second kappa shape index (κ2) is 7.48. The smallest absolute Gasteiger partial charge is 0.123 e. The number of benzene rings is 2. The SMILES string of the molecule is CN(C)c1ccc(/C=C/c2ccc(OCC[18F])cc2)cc1. The molecule has 0 spiro atoms. The number of hydrogen-bond acceptors (Lipinski definition) is 2. The Bertz CT molecular complexity index is 573. The van der Waals surface area contributed by atoms with Gasteiger partial charge in [0.15, 0.2) is 0 Å². The quantitative estimate of drug-likeness (QED) is 0.734. The van der Waals surface area contributed by atoms with E-state index in [0.29, 0.717) is 5.75 Å². The summed E-state index contributed by atoms with van der Waals surface area (Å²) in [6.45, 7) is -0.363. The average Bonchev–Trinajstić information content (AvgIpc) is 2.52. The first-order valence-corrected chi connectivity index (χ1v) is 6.93. The van der Waals surface area contributed by atoms with Gasteiger partial charge in [-0.1, -0.05) is 36.4 Å². The van der Waals surface area contributed by atoms with Gasteiger partial charge in [-0.05, 0) is 35.4 Å². The maximum Gasteiger partial charge on any atom is 0.123 e. The molecular formula is C18H20FNO. The Morgan fingerprint density at radius 3 is 1.90 bits per heavy atom. The summed E-state index contributed by atoms with van der Waals surface area (Å²) < 4.78 is 17.2. The zero-order chi connectivity index (χ0) is 15.1. The molecule has 0 saturated heterocycles. The van der Waals surface area contributed by atoms with E-state index in [1.165, 1.54) is 5.69 Å². The largest absolute Gasteiger partial charge is 0.491 e. The molecule has 3 heteroatoms. The van der Waals surface area contributed by atoms with Crippen molar-refractivity contribution in [3.63, 3.8) is 0 Å². The van der Waals surface area contributed by atoms with Gasteiger partial charge in [0.05, 0.1) is 0 Å². The second-order valence-corrected chi connectivity index (χ2v) is 4.93. The van der Waals surface area contributed by atoms with Crippen molar-refractivity contribution in [2.75, 3.05) is 32.3 Å². The van der Waals surface area contributed by atoms with Crippen LogP contribution in [0.3, 0.4) is 0 Å². The van der Waals surface area contributed by atoms with E-state index in [0.717, 1.165) is 11.1 Å². The number of alkyl halides is 1. The number of anilines is 1. The molecule has 2 nitrogen and oxygen atoms in total. The Balaban J connectivity index is 2.00. The number of ether oxygens (including phenoxy) is 1. The topological polar surface area (TPSA) is 12.5 Å². The van der Waals surface area contributed by atoms with Crippen molar-refractivity contribution >= 4 is 17.8 Å². The predicted molar refractivity (Wildman–Crippen MR) is 87.6 cm³/mol. The monoisotopic (exact) mass is 284 g/mol. The third-order valence-electron chi connectivity index (χ3n) is 3.10. The van der Waals surface area contributed by atoms with Crippen molar-refractivity contribution < 1.29 is 9.13 Å². The Morgan fingerprint density at radius 1 is 0.905 bits per heavy atom. The Morgan fingerprint density at radius 2 is 1.43 bits per heavy atom. The molecule has 0 fully saturated rings. The normalized spacial score (nSPS) is 10.8. The lowest BCUT2D eigenvalue weighted by atomic mass is 10.1. The maximum absolute atomic E-state index is 12.0. The van der Waals surface area contributed by atoms with Gasteiger partial charge in [0, 0.05) is 19.8 Å². The molecule has 0 atom stereocenters. The van der Waals surface area contributed by atoms with Gasteiger partial charge in [0.1, 0.15) is 19.0 Å². The Kier molecular flexibility index (Phi) is 5.38. The molecule has 0 aliphatic carbocycles. The first-order chi connectivity index (χ1) is 10.2. The summed E-state index contributed by atoms with van der Waals surface area (Å²) >= 11 is 0. The van der Waals surface area contributed by atoms with Crippen LogP contribution in [0.1, 0.15) is 11.1 Å². The molecule has 0 aliphatic heterocycles. The summed E-state index contributed by atoms with van der Waals surface area (Å²) in [7, 11) is 4.05.